The first-order valence-electron chi connectivity index (χ1n) is 9.94. The second-order valence-corrected chi connectivity index (χ2v) is 9.71. The summed E-state index contributed by atoms with van der Waals surface area (Å²) in [6.45, 7) is 7.24. The van der Waals surface area contributed by atoms with E-state index in [9.17, 15) is 8.42 Å². The van der Waals surface area contributed by atoms with E-state index in [1.165, 1.54) is 16.8 Å². The lowest BCUT2D eigenvalue weighted by atomic mass is 9.88. The average molecular weight is 421 g/mol. The van der Waals surface area contributed by atoms with Crippen molar-refractivity contribution in [1.82, 2.24) is 4.72 Å². The molecule has 0 bridgehead atoms. The molecule has 4 nitrogen and oxygen atoms in total. The molecule has 1 N–H and O–H groups in total. The van der Waals surface area contributed by atoms with E-state index in [0.717, 1.165) is 32.2 Å². The second-order valence-electron chi connectivity index (χ2n) is 7.56. The lowest BCUT2D eigenvalue weighted by Crippen LogP contribution is -2.53. The number of rotatable bonds is 6. The van der Waals surface area contributed by atoms with Gasteiger partial charge in [-0.05, 0) is 69.0 Å². The first-order valence-corrected chi connectivity index (χ1v) is 11.8. The third kappa shape index (κ3) is 4.53. The zero-order valence-corrected chi connectivity index (χ0v) is 18.4. The summed E-state index contributed by atoms with van der Waals surface area (Å²) >= 11 is 5.91. The first kappa shape index (κ1) is 21.2. The standard InChI is InChI=1S/C22H29ClN2O2S/c1-4-25(22-16(2)8-7-9-17(22)3)21-11-6-5-10-20(21)24-28(26,27)19-14-12-18(23)13-15-19/h7-9,12-15,20-21,24H,4-6,10-11H2,1-3H3/t20-,21+/m1/s1. The molecule has 28 heavy (non-hydrogen) atoms. The molecule has 0 spiro atoms. The van der Waals surface area contributed by atoms with Crippen LogP contribution in [0.15, 0.2) is 47.4 Å². The number of aryl methyl sites for hydroxylation is 2. The van der Waals surface area contributed by atoms with Gasteiger partial charge in [0.1, 0.15) is 0 Å². The van der Waals surface area contributed by atoms with Crippen molar-refractivity contribution in [3.63, 3.8) is 0 Å². The maximum Gasteiger partial charge on any atom is 0.240 e. The van der Waals surface area contributed by atoms with Crippen LogP contribution in [0.25, 0.3) is 0 Å². The summed E-state index contributed by atoms with van der Waals surface area (Å²) in [5.74, 6) is 0. The van der Waals surface area contributed by atoms with Gasteiger partial charge in [-0.25, -0.2) is 13.1 Å². The van der Waals surface area contributed by atoms with E-state index in [4.69, 9.17) is 11.6 Å². The Hall–Kier alpha value is -1.56. The van der Waals surface area contributed by atoms with Gasteiger partial charge in [0.25, 0.3) is 0 Å². The number of halogens is 1. The van der Waals surface area contributed by atoms with Crippen LogP contribution in [0.1, 0.15) is 43.7 Å². The zero-order chi connectivity index (χ0) is 20.3. The van der Waals surface area contributed by atoms with Crippen molar-refractivity contribution in [2.75, 3.05) is 11.4 Å². The number of likely N-dealkylation sites (N-methyl/N-ethyl adjacent to an activating group) is 1. The summed E-state index contributed by atoms with van der Waals surface area (Å²) in [6.07, 6.45) is 3.98. The fraction of sp³-hybridized carbons (Fsp3) is 0.455. The van der Waals surface area contributed by atoms with E-state index in [1.807, 2.05) is 0 Å². The Kier molecular flexibility index (Phi) is 6.69. The number of nitrogens with one attached hydrogen (secondary N) is 1. The van der Waals surface area contributed by atoms with Crippen molar-refractivity contribution < 1.29 is 8.42 Å². The molecule has 1 saturated carbocycles. The quantitative estimate of drug-likeness (QED) is 0.709. The summed E-state index contributed by atoms with van der Waals surface area (Å²) in [6, 6.07) is 12.7. The molecule has 2 atom stereocenters. The molecule has 152 valence electrons. The highest BCUT2D eigenvalue weighted by atomic mass is 35.5. The monoisotopic (exact) mass is 420 g/mol. The lowest BCUT2D eigenvalue weighted by molar-refractivity contribution is 0.344. The van der Waals surface area contributed by atoms with Gasteiger partial charge in [-0.1, -0.05) is 42.6 Å². The van der Waals surface area contributed by atoms with Gasteiger partial charge in [0, 0.05) is 29.3 Å². The van der Waals surface area contributed by atoms with Crippen LogP contribution < -0.4 is 9.62 Å². The van der Waals surface area contributed by atoms with Crippen LogP contribution >= 0.6 is 11.6 Å². The number of sulfonamides is 1. The van der Waals surface area contributed by atoms with Gasteiger partial charge in [0.15, 0.2) is 0 Å². The molecular weight excluding hydrogens is 392 g/mol. The molecule has 0 saturated heterocycles. The summed E-state index contributed by atoms with van der Waals surface area (Å²) in [7, 11) is -3.59. The molecular formula is C22H29ClN2O2S. The van der Waals surface area contributed by atoms with E-state index >= 15 is 0 Å². The number of anilines is 1. The van der Waals surface area contributed by atoms with Gasteiger partial charge >= 0.3 is 0 Å². The van der Waals surface area contributed by atoms with Crippen LogP contribution in [0, 0.1) is 13.8 Å². The number of para-hydroxylation sites is 1. The highest BCUT2D eigenvalue weighted by Gasteiger charge is 2.34. The predicted molar refractivity (Wildman–Crippen MR) is 117 cm³/mol. The molecule has 1 aliphatic carbocycles. The zero-order valence-electron chi connectivity index (χ0n) is 16.8. The Bertz CT molecular complexity index is 892. The van der Waals surface area contributed by atoms with E-state index in [0.29, 0.717) is 5.02 Å². The third-order valence-electron chi connectivity index (χ3n) is 5.63. The van der Waals surface area contributed by atoms with Crippen LogP contribution in [0.3, 0.4) is 0 Å². The number of benzene rings is 2. The first-order chi connectivity index (χ1) is 13.3. The maximum absolute atomic E-state index is 13.0. The molecule has 0 radical (unpaired) electrons. The van der Waals surface area contributed by atoms with Gasteiger partial charge in [-0.15, -0.1) is 0 Å². The molecule has 1 fully saturated rings. The van der Waals surface area contributed by atoms with Crippen molar-refractivity contribution >= 4 is 27.3 Å². The van der Waals surface area contributed by atoms with Crippen molar-refractivity contribution in [2.45, 2.75) is 63.4 Å². The van der Waals surface area contributed by atoms with Crippen molar-refractivity contribution in [3.8, 4) is 0 Å². The highest BCUT2D eigenvalue weighted by Crippen LogP contribution is 2.32. The van der Waals surface area contributed by atoms with Crippen molar-refractivity contribution in [1.29, 1.82) is 0 Å². The molecule has 0 unspecified atom stereocenters. The van der Waals surface area contributed by atoms with Gasteiger partial charge < -0.3 is 4.90 Å². The van der Waals surface area contributed by atoms with E-state index < -0.39 is 10.0 Å². The molecule has 1 aliphatic rings. The molecule has 0 heterocycles. The Morgan fingerprint density at radius 1 is 1.04 bits per heavy atom. The average Bonchev–Trinajstić information content (AvgIpc) is 2.66. The van der Waals surface area contributed by atoms with Gasteiger partial charge in [-0.3, -0.25) is 0 Å². The number of hydrogen-bond donors (Lipinski definition) is 1. The molecule has 6 heteroatoms. The van der Waals surface area contributed by atoms with E-state index in [1.54, 1.807) is 24.3 Å². The molecule has 2 aromatic rings. The normalized spacial score (nSPS) is 20.1. The highest BCUT2D eigenvalue weighted by molar-refractivity contribution is 7.89. The maximum atomic E-state index is 13.0. The summed E-state index contributed by atoms with van der Waals surface area (Å²) in [4.78, 5) is 2.65. The van der Waals surface area contributed by atoms with Crippen LogP contribution in [0.5, 0.6) is 0 Å². The second kappa shape index (κ2) is 8.85. The van der Waals surface area contributed by atoms with Gasteiger partial charge in [0.05, 0.1) is 4.90 Å². The molecule has 3 rings (SSSR count). The van der Waals surface area contributed by atoms with Crippen LogP contribution in [-0.2, 0) is 10.0 Å². The van der Waals surface area contributed by atoms with Gasteiger partial charge in [0.2, 0.25) is 10.0 Å². The van der Waals surface area contributed by atoms with Crippen molar-refractivity contribution in [2.24, 2.45) is 0 Å². The number of hydrogen-bond acceptors (Lipinski definition) is 3. The van der Waals surface area contributed by atoms with Crippen LogP contribution in [0.4, 0.5) is 5.69 Å². The van der Waals surface area contributed by atoms with Crippen LogP contribution in [0.2, 0.25) is 5.02 Å². The predicted octanol–water partition coefficient (Wildman–Crippen LogP) is 5.07. The third-order valence-corrected chi connectivity index (χ3v) is 7.39. The fourth-order valence-electron chi connectivity index (χ4n) is 4.32. The largest absolute Gasteiger partial charge is 0.367 e. The summed E-state index contributed by atoms with van der Waals surface area (Å²) < 4.78 is 28.9. The molecule has 0 aromatic heterocycles. The Morgan fingerprint density at radius 2 is 1.64 bits per heavy atom. The summed E-state index contributed by atoms with van der Waals surface area (Å²) in [5.41, 5.74) is 3.69. The molecule has 2 aromatic carbocycles. The van der Waals surface area contributed by atoms with E-state index in [-0.39, 0.29) is 17.0 Å². The minimum absolute atomic E-state index is 0.117. The number of nitrogens with zero attached hydrogens (tertiary/aromatic N) is 1. The lowest BCUT2D eigenvalue weighted by Gasteiger charge is -2.42. The minimum atomic E-state index is -3.59. The Labute approximate surface area is 174 Å². The Morgan fingerprint density at radius 3 is 2.25 bits per heavy atom. The van der Waals surface area contributed by atoms with Gasteiger partial charge in [-0.2, -0.15) is 0 Å². The summed E-state index contributed by atoms with van der Waals surface area (Å²) in [5, 5.41) is 0.529. The molecule has 0 aliphatic heterocycles. The topological polar surface area (TPSA) is 49.4 Å². The SMILES string of the molecule is CCN(c1c(C)cccc1C)[C@H]1CCCC[C@H]1NS(=O)(=O)c1ccc(Cl)cc1. The fourth-order valence-corrected chi connectivity index (χ4v) is 5.75. The molecule has 0 amide bonds. The minimum Gasteiger partial charge on any atom is -0.367 e. The van der Waals surface area contributed by atoms with Crippen LogP contribution in [-0.4, -0.2) is 27.0 Å². The smallest absolute Gasteiger partial charge is 0.240 e. The Balaban J connectivity index is 1.90. The van der Waals surface area contributed by atoms with Crippen molar-refractivity contribution in [3.05, 3.63) is 58.6 Å². The van der Waals surface area contributed by atoms with E-state index in [2.05, 4.69) is 48.6 Å².